The van der Waals surface area contributed by atoms with Crippen molar-refractivity contribution in [2.24, 2.45) is 0 Å². The molecule has 0 aliphatic carbocycles. The van der Waals surface area contributed by atoms with Crippen LogP contribution in [0.3, 0.4) is 0 Å². The number of hydrogen-bond acceptors (Lipinski definition) is 4. The van der Waals surface area contributed by atoms with Gasteiger partial charge in [0.25, 0.3) is 5.91 Å². The summed E-state index contributed by atoms with van der Waals surface area (Å²) in [4.78, 5) is 15.8. The van der Waals surface area contributed by atoms with E-state index < -0.39 is 0 Å². The van der Waals surface area contributed by atoms with Gasteiger partial charge in [0.15, 0.2) is 0 Å². The van der Waals surface area contributed by atoms with Gasteiger partial charge in [0.1, 0.15) is 5.69 Å². The van der Waals surface area contributed by atoms with E-state index in [-0.39, 0.29) is 17.6 Å². The highest BCUT2D eigenvalue weighted by Gasteiger charge is 2.17. The third kappa shape index (κ3) is 3.02. The van der Waals surface area contributed by atoms with Crippen LogP contribution in [0, 0.1) is 11.3 Å². The Bertz CT molecular complexity index is 447. The molecule has 88 valence electrons. The number of hydrogen-bond donors (Lipinski definition) is 1. The average molecular weight is 231 g/mol. The summed E-state index contributed by atoms with van der Waals surface area (Å²) in [7, 11) is 0. The van der Waals surface area contributed by atoms with Gasteiger partial charge in [-0.15, -0.1) is 0 Å². The lowest BCUT2D eigenvalue weighted by atomic mass is 10.1. The van der Waals surface area contributed by atoms with Gasteiger partial charge in [-0.05, 0) is 25.0 Å². The summed E-state index contributed by atoms with van der Waals surface area (Å²) >= 11 is 0. The second kappa shape index (κ2) is 5.41. The lowest BCUT2D eigenvalue weighted by Gasteiger charge is -2.22. The van der Waals surface area contributed by atoms with Crippen molar-refractivity contribution in [3.8, 4) is 6.07 Å². The molecule has 0 aromatic carbocycles. The third-order valence-electron chi connectivity index (χ3n) is 2.68. The van der Waals surface area contributed by atoms with Crippen molar-refractivity contribution >= 4 is 5.91 Å². The summed E-state index contributed by atoms with van der Waals surface area (Å²) < 4.78 is 5.21. The minimum Gasteiger partial charge on any atom is -0.381 e. The van der Waals surface area contributed by atoms with Gasteiger partial charge in [0, 0.05) is 25.5 Å². The number of carbonyl (C=O) groups is 1. The summed E-state index contributed by atoms with van der Waals surface area (Å²) in [6, 6.07) is 5.20. The maximum atomic E-state index is 11.9. The molecule has 1 aromatic heterocycles. The molecule has 0 unspecified atom stereocenters. The molecule has 5 nitrogen and oxygen atoms in total. The maximum Gasteiger partial charge on any atom is 0.270 e. The van der Waals surface area contributed by atoms with E-state index in [1.54, 1.807) is 6.07 Å². The molecule has 0 bridgehead atoms. The molecule has 1 aromatic rings. The molecule has 2 heterocycles. The van der Waals surface area contributed by atoms with Crippen molar-refractivity contribution in [1.29, 1.82) is 5.26 Å². The fraction of sp³-hybridized carbons (Fsp3) is 0.417. The second-order valence-corrected chi connectivity index (χ2v) is 3.90. The lowest BCUT2D eigenvalue weighted by Crippen LogP contribution is -2.39. The SMILES string of the molecule is N#Cc1ccnc(C(=O)NC2CCOCC2)c1. The van der Waals surface area contributed by atoms with E-state index in [0.717, 1.165) is 12.8 Å². The third-order valence-corrected chi connectivity index (χ3v) is 2.68. The highest BCUT2D eigenvalue weighted by molar-refractivity contribution is 5.92. The van der Waals surface area contributed by atoms with Crippen molar-refractivity contribution in [2.45, 2.75) is 18.9 Å². The Morgan fingerprint density at radius 1 is 1.53 bits per heavy atom. The normalized spacial score (nSPS) is 16.2. The van der Waals surface area contributed by atoms with Gasteiger partial charge in [-0.1, -0.05) is 0 Å². The molecule has 5 heteroatoms. The van der Waals surface area contributed by atoms with Crippen LogP contribution in [0.5, 0.6) is 0 Å². The Labute approximate surface area is 99.4 Å². The van der Waals surface area contributed by atoms with Gasteiger partial charge in [-0.25, -0.2) is 0 Å². The van der Waals surface area contributed by atoms with Crippen LogP contribution < -0.4 is 5.32 Å². The van der Waals surface area contributed by atoms with Gasteiger partial charge in [-0.2, -0.15) is 5.26 Å². The van der Waals surface area contributed by atoms with Crippen LogP contribution in [0.1, 0.15) is 28.9 Å². The van der Waals surface area contributed by atoms with Crippen molar-refractivity contribution in [1.82, 2.24) is 10.3 Å². The molecule has 1 aliphatic heterocycles. The Morgan fingerprint density at radius 3 is 3.00 bits per heavy atom. The predicted octanol–water partition coefficient (Wildman–Crippen LogP) is 0.862. The zero-order chi connectivity index (χ0) is 12.1. The standard InChI is InChI=1S/C12H13N3O2/c13-8-9-1-4-14-11(7-9)12(16)15-10-2-5-17-6-3-10/h1,4,7,10H,2-3,5-6H2,(H,15,16). The van der Waals surface area contributed by atoms with E-state index in [0.29, 0.717) is 18.8 Å². The van der Waals surface area contributed by atoms with Gasteiger partial charge < -0.3 is 10.1 Å². The first-order chi connectivity index (χ1) is 8.29. The number of amides is 1. The summed E-state index contributed by atoms with van der Waals surface area (Å²) in [6.07, 6.45) is 3.12. The van der Waals surface area contributed by atoms with Crippen LogP contribution in [-0.2, 0) is 4.74 Å². The van der Waals surface area contributed by atoms with Crippen LogP contribution in [0.25, 0.3) is 0 Å². The summed E-state index contributed by atoms with van der Waals surface area (Å²) in [5.74, 6) is -0.228. The molecule has 17 heavy (non-hydrogen) atoms. The molecule has 0 saturated carbocycles. The molecular formula is C12H13N3O2. The topological polar surface area (TPSA) is 75.0 Å². The number of aromatic nitrogens is 1. The van der Waals surface area contributed by atoms with Crippen LogP contribution >= 0.6 is 0 Å². The molecule has 2 rings (SSSR count). The van der Waals surface area contributed by atoms with Gasteiger partial charge in [0.2, 0.25) is 0 Å². The quantitative estimate of drug-likeness (QED) is 0.819. The first-order valence-corrected chi connectivity index (χ1v) is 5.54. The van der Waals surface area contributed by atoms with E-state index in [1.165, 1.54) is 12.3 Å². The average Bonchev–Trinajstić information content (AvgIpc) is 2.40. The fourth-order valence-electron chi connectivity index (χ4n) is 1.73. The predicted molar refractivity (Wildman–Crippen MR) is 60.3 cm³/mol. The smallest absolute Gasteiger partial charge is 0.270 e. The molecular weight excluding hydrogens is 218 g/mol. The Hall–Kier alpha value is -1.93. The molecule has 1 saturated heterocycles. The van der Waals surface area contributed by atoms with E-state index in [9.17, 15) is 4.79 Å². The maximum absolute atomic E-state index is 11.9. The number of rotatable bonds is 2. The highest BCUT2D eigenvalue weighted by atomic mass is 16.5. The molecule has 0 radical (unpaired) electrons. The second-order valence-electron chi connectivity index (χ2n) is 3.90. The van der Waals surface area contributed by atoms with Gasteiger partial charge in [-0.3, -0.25) is 9.78 Å². The largest absolute Gasteiger partial charge is 0.381 e. The molecule has 1 fully saturated rings. The fourth-order valence-corrected chi connectivity index (χ4v) is 1.73. The number of nitrogens with zero attached hydrogens (tertiary/aromatic N) is 2. The summed E-state index contributed by atoms with van der Waals surface area (Å²) in [5, 5.41) is 11.6. The van der Waals surface area contributed by atoms with E-state index in [4.69, 9.17) is 10.00 Å². The molecule has 1 amide bonds. The Morgan fingerprint density at radius 2 is 2.29 bits per heavy atom. The number of nitriles is 1. The van der Waals surface area contributed by atoms with Crippen molar-refractivity contribution in [2.75, 3.05) is 13.2 Å². The number of nitrogens with one attached hydrogen (secondary N) is 1. The minimum atomic E-state index is -0.228. The number of carbonyl (C=O) groups excluding carboxylic acids is 1. The zero-order valence-electron chi connectivity index (χ0n) is 9.35. The van der Waals surface area contributed by atoms with Crippen LogP contribution in [-0.4, -0.2) is 30.1 Å². The van der Waals surface area contributed by atoms with E-state index in [1.807, 2.05) is 6.07 Å². The van der Waals surface area contributed by atoms with E-state index >= 15 is 0 Å². The monoisotopic (exact) mass is 231 g/mol. The Kier molecular flexibility index (Phi) is 3.68. The summed E-state index contributed by atoms with van der Waals surface area (Å²) in [5.41, 5.74) is 0.729. The first-order valence-electron chi connectivity index (χ1n) is 5.54. The molecule has 1 N–H and O–H groups in total. The number of ether oxygens (including phenoxy) is 1. The van der Waals surface area contributed by atoms with Gasteiger partial charge >= 0.3 is 0 Å². The first kappa shape index (κ1) is 11.6. The molecule has 0 spiro atoms. The van der Waals surface area contributed by atoms with Crippen molar-refractivity contribution < 1.29 is 9.53 Å². The van der Waals surface area contributed by atoms with E-state index in [2.05, 4.69) is 10.3 Å². The minimum absolute atomic E-state index is 0.142. The highest BCUT2D eigenvalue weighted by Crippen LogP contribution is 2.07. The molecule has 1 aliphatic rings. The zero-order valence-corrected chi connectivity index (χ0v) is 9.35. The van der Waals surface area contributed by atoms with Crippen LogP contribution in [0.4, 0.5) is 0 Å². The van der Waals surface area contributed by atoms with Crippen molar-refractivity contribution in [3.63, 3.8) is 0 Å². The Balaban J connectivity index is 2.01. The summed E-state index contributed by atoms with van der Waals surface area (Å²) in [6.45, 7) is 1.35. The van der Waals surface area contributed by atoms with Crippen LogP contribution in [0.2, 0.25) is 0 Å². The van der Waals surface area contributed by atoms with Gasteiger partial charge in [0.05, 0.1) is 11.6 Å². The van der Waals surface area contributed by atoms with Crippen molar-refractivity contribution in [3.05, 3.63) is 29.6 Å². The lowest BCUT2D eigenvalue weighted by molar-refractivity contribution is 0.0694. The molecule has 0 atom stereocenters. The van der Waals surface area contributed by atoms with Crippen LogP contribution in [0.15, 0.2) is 18.3 Å². The number of pyridine rings is 1.